The summed E-state index contributed by atoms with van der Waals surface area (Å²) in [6.07, 6.45) is 2.39. The molecule has 1 aliphatic heterocycles. The van der Waals surface area contributed by atoms with Crippen LogP contribution in [0.2, 0.25) is 0 Å². The number of hydrogen-bond acceptors (Lipinski definition) is 7. The van der Waals surface area contributed by atoms with E-state index in [-0.39, 0.29) is 17.8 Å². The van der Waals surface area contributed by atoms with Gasteiger partial charge in [0.25, 0.3) is 5.56 Å². The predicted molar refractivity (Wildman–Crippen MR) is 115 cm³/mol. The lowest BCUT2D eigenvalue weighted by atomic mass is 10.1. The molecule has 0 bridgehead atoms. The van der Waals surface area contributed by atoms with Crippen molar-refractivity contribution >= 4 is 17.0 Å². The zero-order valence-corrected chi connectivity index (χ0v) is 16.7. The number of aromatic amines is 1. The van der Waals surface area contributed by atoms with Crippen LogP contribution in [0.4, 0.5) is 5.95 Å². The first-order chi connectivity index (χ1) is 15.1. The Kier molecular flexibility index (Phi) is 4.62. The van der Waals surface area contributed by atoms with Crippen molar-refractivity contribution in [2.45, 2.75) is 19.9 Å². The van der Waals surface area contributed by atoms with Crippen molar-refractivity contribution in [1.29, 1.82) is 0 Å². The summed E-state index contributed by atoms with van der Waals surface area (Å²) >= 11 is 0. The van der Waals surface area contributed by atoms with Gasteiger partial charge in [0.2, 0.25) is 12.7 Å². The summed E-state index contributed by atoms with van der Waals surface area (Å²) in [4.78, 5) is 36.8. The maximum atomic E-state index is 13.0. The van der Waals surface area contributed by atoms with Crippen LogP contribution in [0.3, 0.4) is 0 Å². The summed E-state index contributed by atoms with van der Waals surface area (Å²) in [6.45, 7) is 2.74. The molecule has 0 amide bonds. The third-order valence-electron chi connectivity index (χ3n) is 5.15. The molecule has 0 unspecified atom stereocenters. The summed E-state index contributed by atoms with van der Waals surface area (Å²) in [5, 5.41) is 3.32. The number of nitrogens with one attached hydrogen (secondary N) is 2. The second-order valence-electron chi connectivity index (χ2n) is 7.09. The minimum absolute atomic E-state index is 0.105. The predicted octanol–water partition coefficient (Wildman–Crippen LogP) is 2.37. The van der Waals surface area contributed by atoms with Crippen molar-refractivity contribution in [3.8, 4) is 17.2 Å². The van der Waals surface area contributed by atoms with Gasteiger partial charge in [-0.1, -0.05) is 31.2 Å². The van der Waals surface area contributed by atoms with E-state index in [0.29, 0.717) is 29.7 Å². The minimum atomic E-state index is -0.601. The molecule has 0 saturated carbocycles. The van der Waals surface area contributed by atoms with Crippen molar-refractivity contribution in [3.05, 3.63) is 80.6 Å². The number of nitrogens with zero attached hydrogens (tertiary/aromatic N) is 3. The molecule has 31 heavy (non-hydrogen) atoms. The standard InChI is InChI=1S/C22H19N5O4/c1-2-13-3-5-14(6-4-13)10-23-21-24-11-16-19(25-21)26-22(29)27(20(16)28)15-7-8-17-18(9-15)31-12-30-17/h3-9,11H,2,10,12H2,1H3,(H2,23,24,25,26,29). The number of anilines is 1. The van der Waals surface area contributed by atoms with Crippen molar-refractivity contribution < 1.29 is 9.47 Å². The Morgan fingerprint density at radius 2 is 1.84 bits per heavy atom. The van der Waals surface area contributed by atoms with Gasteiger partial charge in [0.1, 0.15) is 5.39 Å². The van der Waals surface area contributed by atoms with Gasteiger partial charge in [0.15, 0.2) is 17.1 Å². The van der Waals surface area contributed by atoms with E-state index in [1.54, 1.807) is 18.2 Å². The summed E-state index contributed by atoms with van der Waals surface area (Å²) in [5.74, 6) is 1.37. The van der Waals surface area contributed by atoms with Crippen LogP contribution in [-0.4, -0.2) is 26.3 Å². The lowest BCUT2D eigenvalue weighted by Gasteiger charge is -2.09. The zero-order chi connectivity index (χ0) is 21.4. The largest absolute Gasteiger partial charge is 0.454 e. The molecule has 9 nitrogen and oxygen atoms in total. The number of H-pyrrole nitrogens is 1. The van der Waals surface area contributed by atoms with Gasteiger partial charge in [-0.2, -0.15) is 4.98 Å². The van der Waals surface area contributed by atoms with Crippen LogP contribution in [-0.2, 0) is 13.0 Å². The number of fused-ring (bicyclic) bond motifs is 2. The van der Waals surface area contributed by atoms with E-state index in [1.165, 1.54) is 11.8 Å². The number of aryl methyl sites for hydroxylation is 1. The highest BCUT2D eigenvalue weighted by Gasteiger charge is 2.17. The summed E-state index contributed by atoms with van der Waals surface area (Å²) in [7, 11) is 0. The lowest BCUT2D eigenvalue weighted by Crippen LogP contribution is -2.34. The maximum absolute atomic E-state index is 13.0. The fraction of sp³-hybridized carbons (Fsp3) is 0.182. The first-order valence-corrected chi connectivity index (χ1v) is 9.86. The highest BCUT2D eigenvalue weighted by atomic mass is 16.7. The fourth-order valence-electron chi connectivity index (χ4n) is 3.42. The molecule has 2 aromatic carbocycles. The van der Waals surface area contributed by atoms with E-state index in [0.717, 1.165) is 16.6 Å². The van der Waals surface area contributed by atoms with Gasteiger partial charge >= 0.3 is 5.69 Å². The Morgan fingerprint density at radius 1 is 1.06 bits per heavy atom. The molecule has 0 fully saturated rings. The fourth-order valence-corrected chi connectivity index (χ4v) is 3.42. The van der Waals surface area contributed by atoms with Crippen LogP contribution in [0.5, 0.6) is 11.5 Å². The highest BCUT2D eigenvalue weighted by Crippen LogP contribution is 2.33. The van der Waals surface area contributed by atoms with Crippen LogP contribution in [0, 0.1) is 0 Å². The zero-order valence-electron chi connectivity index (χ0n) is 16.7. The number of aromatic nitrogens is 4. The molecule has 0 spiro atoms. The Hall–Kier alpha value is -4.14. The third-order valence-corrected chi connectivity index (χ3v) is 5.15. The molecule has 3 heterocycles. The molecule has 0 atom stereocenters. The summed E-state index contributed by atoms with van der Waals surface area (Å²) in [6, 6.07) is 13.1. The smallest absolute Gasteiger partial charge is 0.334 e. The molecule has 2 aromatic heterocycles. The van der Waals surface area contributed by atoms with Gasteiger partial charge in [0, 0.05) is 18.8 Å². The van der Waals surface area contributed by atoms with Crippen LogP contribution in [0.25, 0.3) is 16.7 Å². The van der Waals surface area contributed by atoms with Crippen molar-refractivity contribution in [3.63, 3.8) is 0 Å². The summed E-state index contributed by atoms with van der Waals surface area (Å²) < 4.78 is 11.6. The molecule has 156 valence electrons. The van der Waals surface area contributed by atoms with E-state index < -0.39 is 11.2 Å². The molecule has 1 aliphatic rings. The SMILES string of the molecule is CCc1ccc(CNc2ncc3c(=O)n(-c4ccc5c(c4)OCO5)c(=O)[nH]c3n2)cc1. The topological polar surface area (TPSA) is 111 Å². The highest BCUT2D eigenvalue weighted by molar-refractivity contribution is 5.73. The minimum Gasteiger partial charge on any atom is -0.454 e. The number of benzene rings is 2. The summed E-state index contributed by atoms with van der Waals surface area (Å²) in [5.41, 5.74) is 1.77. The first-order valence-electron chi connectivity index (χ1n) is 9.86. The van der Waals surface area contributed by atoms with Gasteiger partial charge < -0.3 is 14.8 Å². The molecule has 5 rings (SSSR count). The van der Waals surface area contributed by atoms with Gasteiger partial charge in [-0.25, -0.2) is 14.3 Å². The van der Waals surface area contributed by atoms with Gasteiger partial charge in [-0.05, 0) is 29.7 Å². The van der Waals surface area contributed by atoms with Gasteiger partial charge in [0.05, 0.1) is 5.69 Å². The van der Waals surface area contributed by atoms with E-state index >= 15 is 0 Å². The average molecular weight is 417 g/mol. The average Bonchev–Trinajstić information content (AvgIpc) is 3.26. The van der Waals surface area contributed by atoms with E-state index in [2.05, 4.69) is 39.3 Å². The Morgan fingerprint density at radius 3 is 2.65 bits per heavy atom. The van der Waals surface area contributed by atoms with Crippen molar-refractivity contribution in [2.75, 3.05) is 12.1 Å². The van der Waals surface area contributed by atoms with Crippen LogP contribution in [0.15, 0.2) is 58.3 Å². The van der Waals surface area contributed by atoms with Gasteiger partial charge in [-0.3, -0.25) is 9.78 Å². The lowest BCUT2D eigenvalue weighted by molar-refractivity contribution is 0.174. The Bertz CT molecular complexity index is 1390. The molecule has 0 aliphatic carbocycles. The second kappa shape index (κ2) is 7.60. The van der Waals surface area contributed by atoms with Crippen molar-refractivity contribution in [1.82, 2.24) is 19.5 Å². The second-order valence-corrected chi connectivity index (χ2v) is 7.09. The number of rotatable bonds is 5. The molecule has 0 saturated heterocycles. The molecular weight excluding hydrogens is 398 g/mol. The van der Waals surface area contributed by atoms with Crippen LogP contribution in [0.1, 0.15) is 18.1 Å². The van der Waals surface area contributed by atoms with Crippen LogP contribution >= 0.6 is 0 Å². The van der Waals surface area contributed by atoms with E-state index in [4.69, 9.17) is 9.47 Å². The third kappa shape index (κ3) is 3.50. The Labute approximate surface area is 176 Å². The monoisotopic (exact) mass is 417 g/mol. The van der Waals surface area contributed by atoms with Crippen LogP contribution < -0.4 is 26.0 Å². The molecule has 9 heteroatoms. The Balaban J connectivity index is 1.45. The van der Waals surface area contributed by atoms with Gasteiger partial charge in [-0.15, -0.1) is 0 Å². The normalized spacial score (nSPS) is 12.3. The first kappa shape index (κ1) is 18.9. The molecule has 2 N–H and O–H groups in total. The molecule has 4 aromatic rings. The number of hydrogen-bond donors (Lipinski definition) is 2. The van der Waals surface area contributed by atoms with E-state index in [9.17, 15) is 9.59 Å². The number of ether oxygens (including phenoxy) is 2. The quantitative estimate of drug-likeness (QED) is 0.513. The molecule has 0 radical (unpaired) electrons. The molecular formula is C22H19N5O4. The van der Waals surface area contributed by atoms with E-state index in [1.807, 2.05) is 12.1 Å². The van der Waals surface area contributed by atoms with Crippen molar-refractivity contribution in [2.24, 2.45) is 0 Å². The maximum Gasteiger partial charge on any atom is 0.334 e.